The van der Waals surface area contributed by atoms with Gasteiger partial charge in [-0.15, -0.1) is 0 Å². The van der Waals surface area contributed by atoms with Crippen molar-refractivity contribution in [3.63, 3.8) is 0 Å². The number of benzene rings is 1. The van der Waals surface area contributed by atoms with Crippen LogP contribution in [0.15, 0.2) is 23.1 Å². The van der Waals surface area contributed by atoms with Gasteiger partial charge in [-0.1, -0.05) is 25.7 Å². The number of aryl methyl sites for hydroxylation is 1. The average Bonchev–Trinajstić information content (AvgIpc) is 2.42. The molecule has 1 rings (SSSR count). The zero-order valence-electron chi connectivity index (χ0n) is 12.9. The molecule has 0 aromatic heterocycles. The lowest BCUT2D eigenvalue weighted by molar-refractivity contribution is 0.540. The Bertz CT molecular complexity index is 625. The van der Waals surface area contributed by atoms with Crippen molar-refractivity contribution in [1.29, 1.82) is 0 Å². The van der Waals surface area contributed by atoms with Crippen molar-refractivity contribution in [3.05, 3.63) is 29.3 Å². The molecule has 3 N–H and O–H groups in total. The van der Waals surface area contributed by atoms with Gasteiger partial charge in [0.1, 0.15) is 0 Å². The maximum atomic E-state index is 12.2. The van der Waals surface area contributed by atoms with Crippen LogP contribution >= 0.6 is 0 Å². The van der Waals surface area contributed by atoms with E-state index in [1.165, 1.54) is 0 Å². The highest BCUT2D eigenvalue weighted by molar-refractivity contribution is 7.89. The summed E-state index contributed by atoms with van der Waals surface area (Å²) in [7, 11) is -3.44. The lowest BCUT2D eigenvalue weighted by Gasteiger charge is -2.09. The predicted molar refractivity (Wildman–Crippen MR) is 86.4 cm³/mol. The highest BCUT2D eigenvalue weighted by atomic mass is 32.2. The fraction of sp³-hybridized carbons (Fsp3) is 0.500. The molecule has 1 aromatic rings. The average molecular weight is 308 g/mol. The highest BCUT2D eigenvalue weighted by Crippen LogP contribution is 2.15. The van der Waals surface area contributed by atoms with E-state index in [2.05, 4.69) is 30.4 Å². The largest absolute Gasteiger partial charge is 0.320 e. The molecule has 0 aliphatic carbocycles. The molecule has 0 bridgehead atoms. The standard InChI is InChI=1S/C16H24N2O2S/c1-13(2)6-5-11-18-21(19,20)16-9-8-15(7-4-10-17)14(3)12-16/h8-9,12-13,18H,5-6,10-11,17H2,1-3H3. The molecule has 5 heteroatoms. The van der Waals surface area contributed by atoms with Crippen molar-refractivity contribution < 1.29 is 8.42 Å². The van der Waals surface area contributed by atoms with Crippen LogP contribution in [0.1, 0.15) is 37.8 Å². The van der Waals surface area contributed by atoms with Gasteiger partial charge in [0.2, 0.25) is 10.0 Å². The molecule has 0 unspecified atom stereocenters. The maximum Gasteiger partial charge on any atom is 0.240 e. The van der Waals surface area contributed by atoms with Gasteiger partial charge in [-0.05, 0) is 49.4 Å². The minimum absolute atomic E-state index is 0.280. The van der Waals surface area contributed by atoms with E-state index < -0.39 is 10.0 Å². The summed E-state index contributed by atoms with van der Waals surface area (Å²) in [5, 5.41) is 0. The van der Waals surface area contributed by atoms with E-state index in [4.69, 9.17) is 5.73 Å². The molecular formula is C16H24N2O2S. The molecule has 4 nitrogen and oxygen atoms in total. The van der Waals surface area contributed by atoms with Crippen LogP contribution in [0.2, 0.25) is 0 Å². The van der Waals surface area contributed by atoms with Gasteiger partial charge in [0.15, 0.2) is 0 Å². The van der Waals surface area contributed by atoms with E-state index in [9.17, 15) is 8.42 Å². The molecule has 0 heterocycles. The Hall–Kier alpha value is -1.35. The lowest BCUT2D eigenvalue weighted by Crippen LogP contribution is -2.25. The summed E-state index contributed by atoms with van der Waals surface area (Å²) < 4.78 is 27.0. The van der Waals surface area contributed by atoms with Gasteiger partial charge in [0.05, 0.1) is 11.4 Å². The fourth-order valence-electron chi connectivity index (χ4n) is 1.89. The van der Waals surface area contributed by atoms with Crippen LogP contribution < -0.4 is 10.5 Å². The SMILES string of the molecule is Cc1cc(S(=O)(=O)NCCCC(C)C)ccc1C#CCN. The van der Waals surface area contributed by atoms with Crippen LogP contribution in [0.5, 0.6) is 0 Å². The molecular weight excluding hydrogens is 284 g/mol. The Morgan fingerprint density at radius 2 is 2.05 bits per heavy atom. The van der Waals surface area contributed by atoms with Gasteiger partial charge >= 0.3 is 0 Å². The number of nitrogens with two attached hydrogens (primary N) is 1. The van der Waals surface area contributed by atoms with Gasteiger partial charge < -0.3 is 5.73 Å². The molecule has 1 aromatic carbocycles. The van der Waals surface area contributed by atoms with Crippen LogP contribution in [-0.2, 0) is 10.0 Å². The number of rotatable bonds is 6. The third-order valence-electron chi connectivity index (χ3n) is 3.08. The molecule has 0 fully saturated rings. The third kappa shape index (κ3) is 5.88. The first-order valence-electron chi connectivity index (χ1n) is 7.16. The monoisotopic (exact) mass is 308 g/mol. The fourth-order valence-corrected chi connectivity index (χ4v) is 3.05. The smallest absolute Gasteiger partial charge is 0.240 e. The van der Waals surface area contributed by atoms with E-state index in [0.717, 1.165) is 24.0 Å². The van der Waals surface area contributed by atoms with E-state index in [1.807, 2.05) is 6.92 Å². The van der Waals surface area contributed by atoms with Crippen molar-refractivity contribution in [2.75, 3.05) is 13.1 Å². The highest BCUT2D eigenvalue weighted by Gasteiger charge is 2.14. The second kappa shape index (κ2) is 8.18. The first-order valence-corrected chi connectivity index (χ1v) is 8.64. The Balaban J connectivity index is 2.77. The van der Waals surface area contributed by atoms with E-state index in [0.29, 0.717) is 12.5 Å². The zero-order chi connectivity index (χ0) is 15.9. The summed E-state index contributed by atoms with van der Waals surface area (Å²) in [6, 6.07) is 4.95. The third-order valence-corrected chi connectivity index (χ3v) is 4.54. The topological polar surface area (TPSA) is 72.2 Å². The summed E-state index contributed by atoms with van der Waals surface area (Å²) in [6.07, 6.45) is 1.85. The van der Waals surface area contributed by atoms with Gasteiger partial charge in [0, 0.05) is 12.1 Å². The zero-order valence-corrected chi connectivity index (χ0v) is 13.8. The van der Waals surface area contributed by atoms with E-state index >= 15 is 0 Å². The van der Waals surface area contributed by atoms with Crippen LogP contribution in [-0.4, -0.2) is 21.5 Å². The van der Waals surface area contributed by atoms with Crippen LogP contribution in [0, 0.1) is 24.7 Å². The van der Waals surface area contributed by atoms with Gasteiger partial charge in [0.25, 0.3) is 0 Å². The summed E-state index contributed by atoms with van der Waals surface area (Å²) in [6.45, 7) is 6.85. The second-order valence-electron chi connectivity index (χ2n) is 5.42. The summed E-state index contributed by atoms with van der Waals surface area (Å²) >= 11 is 0. The molecule has 0 saturated carbocycles. The van der Waals surface area contributed by atoms with Crippen molar-refractivity contribution in [2.45, 2.75) is 38.5 Å². The maximum absolute atomic E-state index is 12.2. The van der Waals surface area contributed by atoms with Crippen LogP contribution in [0.25, 0.3) is 0 Å². The van der Waals surface area contributed by atoms with Crippen LogP contribution in [0.4, 0.5) is 0 Å². The minimum Gasteiger partial charge on any atom is -0.320 e. The quantitative estimate of drug-likeness (QED) is 0.624. The normalized spacial score (nSPS) is 11.3. The van der Waals surface area contributed by atoms with E-state index in [1.54, 1.807) is 18.2 Å². The number of nitrogens with one attached hydrogen (secondary N) is 1. The molecule has 0 aliphatic heterocycles. The molecule has 116 valence electrons. The van der Waals surface area contributed by atoms with Gasteiger partial charge in [-0.3, -0.25) is 0 Å². The molecule has 0 spiro atoms. The van der Waals surface area contributed by atoms with Crippen LogP contribution in [0.3, 0.4) is 0 Å². The van der Waals surface area contributed by atoms with Crippen molar-refractivity contribution in [3.8, 4) is 11.8 Å². The summed E-state index contributed by atoms with van der Waals surface area (Å²) in [4.78, 5) is 0.280. The first kappa shape index (κ1) is 17.7. The van der Waals surface area contributed by atoms with Crippen molar-refractivity contribution in [2.24, 2.45) is 11.7 Å². The molecule has 0 aliphatic rings. The van der Waals surface area contributed by atoms with Gasteiger partial charge in [-0.25, -0.2) is 13.1 Å². The van der Waals surface area contributed by atoms with Gasteiger partial charge in [-0.2, -0.15) is 0 Å². The Morgan fingerprint density at radius 1 is 1.33 bits per heavy atom. The Morgan fingerprint density at radius 3 is 2.62 bits per heavy atom. The molecule has 0 radical (unpaired) electrons. The minimum atomic E-state index is -3.44. The van der Waals surface area contributed by atoms with Crippen molar-refractivity contribution >= 4 is 10.0 Å². The first-order chi connectivity index (χ1) is 9.86. The molecule has 21 heavy (non-hydrogen) atoms. The number of hydrogen-bond donors (Lipinski definition) is 2. The molecule has 0 amide bonds. The second-order valence-corrected chi connectivity index (χ2v) is 7.18. The van der Waals surface area contributed by atoms with E-state index in [-0.39, 0.29) is 11.4 Å². The van der Waals surface area contributed by atoms with Crippen molar-refractivity contribution in [1.82, 2.24) is 4.72 Å². The lowest BCUT2D eigenvalue weighted by atomic mass is 10.1. The number of sulfonamides is 1. The predicted octanol–water partition coefficient (Wildman–Crippen LogP) is 2.02. The molecule has 0 saturated heterocycles. The summed E-state index contributed by atoms with van der Waals surface area (Å²) in [5.41, 5.74) is 6.97. The number of hydrogen-bond acceptors (Lipinski definition) is 3. The summed E-state index contributed by atoms with van der Waals surface area (Å²) in [5.74, 6) is 6.28. The Kier molecular flexibility index (Phi) is 6.90. The molecule has 0 atom stereocenters. The Labute approximate surface area is 128 Å².